The Kier molecular flexibility index (Phi) is 4.39. The van der Waals surface area contributed by atoms with Crippen molar-refractivity contribution in [1.82, 2.24) is 4.98 Å². The van der Waals surface area contributed by atoms with Crippen LogP contribution in [0.15, 0.2) is 35.7 Å². The van der Waals surface area contributed by atoms with E-state index in [1.54, 1.807) is 23.1 Å². The summed E-state index contributed by atoms with van der Waals surface area (Å²) in [6.07, 6.45) is 0. The van der Waals surface area contributed by atoms with Gasteiger partial charge in [-0.25, -0.2) is 4.98 Å². The molecular weight excluding hydrogens is 238 g/mol. The number of hydrogen-bond donors (Lipinski definition) is 1. The van der Waals surface area contributed by atoms with Gasteiger partial charge in [0, 0.05) is 22.4 Å². The first-order chi connectivity index (χ1) is 7.90. The number of aromatic nitrogens is 1. The fraction of sp³-hybridized carbons (Fsp3) is 0.250. The normalized spacial score (nSPS) is 10.6. The minimum atomic E-state index is 0.236. The second kappa shape index (κ2) is 6.03. The van der Waals surface area contributed by atoms with Crippen molar-refractivity contribution in [2.75, 3.05) is 12.4 Å². The van der Waals surface area contributed by atoms with Crippen molar-refractivity contribution in [1.29, 1.82) is 0 Å². The average Bonchev–Trinajstić information content (AvgIpc) is 2.79. The Morgan fingerprint density at radius 1 is 1.25 bits per heavy atom. The third kappa shape index (κ3) is 3.07. The van der Waals surface area contributed by atoms with E-state index in [-0.39, 0.29) is 6.61 Å². The zero-order valence-electron chi connectivity index (χ0n) is 8.80. The van der Waals surface area contributed by atoms with Crippen LogP contribution < -0.4 is 0 Å². The van der Waals surface area contributed by atoms with E-state index in [4.69, 9.17) is 5.11 Å². The summed E-state index contributed by atoms with van der Waals surface area (Å²) in [4.78, 5) is 4.57. The van der Waals surface area contributed by atoms with E-state index in [1.165, 1.54) is 5.56 Å². The highest BCUT2D eigenvalue weighted by Crippen LogP contribution is 2.24. The Bertz CT molecular complexity index is 428. The van der Waals surface area contributed by atoms with Gasteiger partial charge in [0.2, 0.25) is 0 Å². The van der Waals surface area contributed by atoms with E-state index in [9.17, 15) is 0 Å². The van der Waals surface area contributed by atoms with Gasteiger partial charge in [0.15, 0.2) is 0 Å². The molecule has 0 atom stereocenters. The maximum absolute atomic E-state index is 8.69. The molecule has 0 radical (unpaired) electrons. The number of aliphatic hydroxyl groups is 1. The molecule has 84 valence electrons. The molecule has 0 saturated heterocycles. The highest BCUT2D eigenvalue weighted by Gasteiger charge is 2.03. The van der Waals surface area contributed by atoms with Crippen LogP contribution in [0.2, 0.25) is 0 Å². The van der Waals surface area contributed by atoms with E-state index in [0.717, 1.165) is 22.2 Å². The van der Waals surface area contributed by atoms with Gasteiger partial charge in [-0.15, -0.1) is 11.3 Å². The van der Waals surface area contributed by atoms with Crippen molar-refractivity contribution < 1.29 is 5.11 Å². The van der Waals surface area contributed by atoms with Crippen LogP contribution >= 0.6 is 23.1 Å². The lowest BCUT2D eigenvalue weighted by atomic mass is 10.2. The standard InChI is InChI=1S/C12H13NOS2/c14-6-7-15-8-11-9-16-12(13-11)10-4-2-1-3-5-10/h1-5,9,14H,6-8H2. The molecule has 4 heteroatoms. The van der Waals surface area contributed by atoms with Gasteiger partial charge in [-0.05, 0) is 0 Å². The van der Waals surface area contributed by atoms with E-state index >= 15 is 0 Å². The van der Waals surface area contributed by atoms with Crippen LogP contribution in [-0.4, -0.2) is 22.5 Å². The number of nitrogens with zero attached hydrogens (tertiary/aromatic N) is 1. The fourth-order valence-corrected chi connectivity index (χ4v) is 2.89. The zero-order chi connectivity index (χ0) is 11.2. The molecule has 0 saturated carbocycles. The minimum absolute atomic E-state index is 0.236. The number of hydrogen-bond acceptors (Lipinski definition) is 4. The first kappa shape index (κ1) is 11.6. The van der Waals surface area contributed by atoms with E-state index in [2.05, 4.69) is 22.5 Å². The maximum Gasteiger partial charge on any atom is 0.123 e. The summed E-state index contributed by atoms with van der Waals surface area (Å²) in [5.41, 5.74) is 2.27. The van der Waals surface area contributed by atoms with E-state index < -0.39 is 0 Å². The molecule has 1 aromatic carbocycles. The van der Waals surface area contributed by atoms with Gasteiger partial charge >= 0.3 is 0 Å². The Labute approximate surface area is 103 Å². The number of aliphatic hydroxyl groups excluding tert-OH is 1. The number of thiazole rings is 1. The number of benzene rings is 1. The number of thioether (sulfide) groups is 1. The lowest BCUT2D eigenvalue weighted by Gasteiger charge is -1.95. The molecule has 1 heterocycles. The Morgan fingerprint density at radius 3 is 2.81 bits per heavy atom. The van der Waals surface area contributed by atoms with Gasteiger partial charge in [-0.3, -0.25) is 0 Å². The quantitative estimate of drug-likeness (QED) is 0.829. The monoisotopic (exact) mass is 251 g/mol. The van der Waals surface area contributed by atoms with Crippen LogP contribution in [0.1, 0.15) is 5.69 Å². The second-order valence-corrected chi connectivity index (χ2v) is 5.25. The molecular formula is C12H13NOS2. The van der Waals surface area contributed by atoms with Gasteiger partial charge in [0.05, 0.1) is 12.3 Å². The van der Waals surface area contributed by atoms with Gasteiger partial charge in [0.25, 0.3) is 0 Å². The lowest BCUT2D eigenvalue weighted by Crippen LogP contribution is -1.88. The van der Waals surface area contributed by atoms with Crippen molar-refractivity contribution in [2.45, 2.75) is 5.75 Å². The average molecular weight is 251 g/mol. The van der Waals surface area contributed by atoms with Gasteiger partial charge in [-0.2, -0.15) is 11.8 Å². The summed E-state index contributed by atoms with van der Waals surface area (Å²) in [5.74, 6) is 1.65. The van der Waals surface area contributed by atoms with Gasteiger partial charge < -0.3 is 5.11 Å². The topological polar surface area (TPSA) is 33.1 Å². The summed E-state index contributed by atoms with van der Waals surface area (Å²) in [6, 6.07) is 10.2. The zero-order valence-corrected chi connectivity index (χ0v) is 10.4. The highest BCUT2D eigenvalue weighted by atomic mass is 32.2. The van der Waals surface area contributed by atoms with Gasteiger partial charge in [-0.1, -0.05) is 30.3 Å². The van der Waals surface area contributed by atoms with Crippen molar-refractivity contribution in [3.05, 3.63) is 41.4 Å². The first-order valence-electron chi connectivity index (χ1n) is 5.08. The molecule has 0 fully saturated rings. The van der Waals surface area contributed by atoms with E-state index in [1.807, 2.05) is 18.2 Å². The third-order valence-electron chi connectivity index (χ3n) is 2.06. The smallest absolute Gasteiger partial charge is 0.123 e. The van der Waals surface area contributed by atoms with Crippen LogP contribution in [0, 0.1) is 0 Å². The van der Waals surface area contributed by atoms with E-state index in [0.29, 0.717) is 0 Å². The molecule has 2 nitrogen and oxygen atoms in total. The summed E-state index contributed by atoms with van der Waals surface area (Å²) < 4.78 is 0. The van der Waals surface area contributed by atoms with Crippen molar-refractivity contribution >= 4 is 23.1 Å². The largest absolute Gasteiger partial charge is 0.396 e. The maximum atomic E-state index is 8.69. The molecule has 16 heavy (non-hydrogen) atoms. The van der Waals surface area contributed by atoms with Crippen molar-refractivity contribution in [2.24, 2.45) is 0 Å². The summed E-state index contributed by atoms with van der Waals surface area (Å²) in [7, 11) is 0. The molecule has 0 aliphatic rings. The molecule has 0 bridgehead atoms. The van der Waals surface area contributed by atoms with Crippen LogP contribution in [0.4, 0.5) is 0 Å². The Morgan fingerprint density at radius 2 is 2.06 bits per heavy atom. The molecule has 1 aromatic heterocycles. The predicted octanol–water partition coefficient (Wildman–Crippen LogP) is 3.04. The first-order valence-corrected chi connectivity index (χ1v) is 7.12. The Hall–Kier alpha value is -0.840. The summed E-state index contributed by atoms with van der Waals surface area (Å²) in [5, 5.41) is 11.8. The summed E-state index contributed by atoms with van der Waals surface area (Å²) >= 11 is 3.38. The van der Waals surface area contributed by atoms with Crippen LogP contribution in [0.5, 0.6) is 0 Å². The summed E-state index contributed by atoms with van der Waals surface area (Å²) in [6.45, 7) is 0.236. The molecule has 0 aliphatic heterocycles. The molecule has 0 unspecified atom stereocenters. The van der Waals surface area contributed by atoms with Gasteiger partial charge in [0.1, 0.15) is 5.01 Å². The third-order valence-corrected chi connectivity index (χ3v) is 3.97. The lowest BCUT2D eigenvalue weighted by molar-refractivity contribution is 0.322. The molecule has 0 aliphatic carbocycles. The highest BCUT2D eigenvalue weighted by molar-refractivity contribution is 7.98. The SMILES string of the molecule is OCCSCc1csc(-c2ccccc2)n1. The predicted molar refractivity (Wildman–Crippen MR) is 70.8 cm³/mol. The molecule has 0 amide bonds. The van der Waals surface area contributed by atoms with Crippen LogP contribution in [0.3, 0.4) is 0 Å². The Balaban J connectivity index is 2.02. The second-order valence-electron chi connectivity index (χ2n) is 3.29. The number of rotatable bonds is 5. The molecule has 1 N–H and O–H groups in total. The van der Waals surface area contributed by atoms with Crippen molar-refractivity contribution in [3.8, 4) is 10.6 Å². The minimum Gasteiger partial charge on any atom is -0.396 e. The molecule has 2 rings (SSSR count). The molecule has 0 spiro atoms. The van der Waals surface area contributed by atoms with Crippen molar-refractivity contribution in [3.63, 3.8) is 0 Å². The molecule has 2 aromatic rings. The van der Waals surface area contributed by atoms with Crippen LogP contribution in [-0.2, 0) is 5.75 Å². The fourth-order valence-electron chi connectivity index (χ4n) is 1.33. The van der Waals surface area contributed by atoms with Crippen LogP contribution in [0.25, 0.3) is 10.6 Å².